The third-order valence-corrected chi connectivity index (χ3v) is 4.86. The van der Waals surface area contributed by atoms with Gasteiger partial charge < -0.3 is 5.73 Å². The van der Waals surface area contributed by atoms with Crippen molar-refractivity contribution in [2.24, 2.45) is 10.8 Å². The molecule has 0 fully saturated rings. The van der Waals surface area contributed by atoms with Crippen molar-refractivity contribution in [3.8, 4) is 0 Å². The van der Waals surface area contributed by atoms with Gasteiger partial charge in [-0.15, -0.1) is 9.74 Å². The molecule has 1 aliphatic heterocycles. The number of hydrogen-bond acceptors (Lipinski definition) is 8. The van der Waals surface area contributed by atoms with Crippen LogP contribution in [0, 0.1) is 0 Å². The molecule has 0 aliphatic carbocycles. The highest BCUT2D eigenvalue weighted by Gasteiger charge is 2.27. The van der Waals surface area contributed by atoms with Crippen LogP contribution in [0.3, 0.4) is 0 Å². The summed E-state index contributed by atoms with van der Waals surface area (Å²) in [7, 11) is -9.42. The number of rotatable bonds is 3. The van der Waals surface area contributed by atoms with Crippen molar-refractivity contribution >= 4 is 49.3 Å². The van der Waals surface area contributed by atoms with Gasteiger partial charge in [0.1, 0.15) is 15.8 Å². The summed E-state index contributed by atoms with van der Waals surface area (Å²) in [6, 6.07) is 2.30. The molecule has 0 unspecified atom stereocenters. The van der Waals surface area contributed by atoms with Crippen molar-refractivity contribution in [2.45, 2.75) is 9.79 Å². The molecule has 23 heavy (non-hydrogen) atoms. The molecule has 1 aromatic rings. The van der Waals surface area contributed by atoms with E-state index in [2.05, 4.69) is 10.5 Å². The molecule has 0 bridgehead atoms. The highest BCUT2D eigenvalue weighted by Crippen LogP contribution is 2.25. The molecule has 0 spiro atoms. The molecule has 0 saturated heterocycles. The maximum Gasteiger partial charge on any atom is 0.295 e. The summed E-state index contributed by atoms with van der Waals surface area (Å²) in [5, 5.41) is 3.45. The number of nitrogens with two attached hydrogens (primary N) is 1. The first-order valence-corrected chi connectivity index (χ1v) is 9.07. The smallest absolute Gasteiger partial charge is 0.295 e. The van der Waals surface area contributed by atoms with E-state index in [1.165, 1.54) is 0 Å². The van der Waals surface area contributed by atoms with Crippen LogP contribution in [0.15, 0.2) is 43.9 Å². The van der Waals surface area contributed by atoms with E-state index in [0.29, 0.717) is 4.64 Å². The fraction of sp³-hybridized carbons (Fsp3) is 0. The molecule has 0 radical (unpaired) electrons. The molecule has 0 atom stereocenters. The molecule has 14 heteroatoms. The van der Waals surface area contributed by atoms with Gasteiger partial charge in [-0.1, -0.05) is 11.6 Å². The van der Waals surface area contributed by atoms with Crippen molar-refractivity contribution in [1.82, 2.24) is 10.1 Å². The minimum Gasteiger partial charge on any atom is -0.394 e. The van der Waals surface area contributed by atoms with Gasteiger partial charge in [-0.05, 0) is 18.2 Å². The second kappa shape index (κ2) is 5.81. The number of hydrazine groups is 1. The molecular formula is C9H8Cl2N4O6S2. The van der Waals surface area contributed by atoms with Crippen molar-refractivity contribution in [3.05, 3.63) is 34.6 Å². The van der Waals surface area contributed by atoms with E-state index in [-0.39, 0.29) is 16.6 Å². The Morgan fingerprint density at radius 1 is 1.17 bits per heavy atom. The zero-order chi connectivity index (χ0) is 17.6. The fourth-order valence-electron chi connectivity index (χ4n) is 1.69. The Balaban J connectivity index is 2.83. The normalized spacial score (nSPS) is 16.2. The van der Waals surface area contributed by atoms with Gasteiger partial charge in [-0.3, -0.25) is 14.5 Å². The van der Waals surface area contributed by atoms with Gasteiger partial charge in [0, 0.05) is 5.56 Å². The van der Waals surface area contributed by atoms with Crippen LogP contribution in [0.1, 0.15) is 5.56 Å². The fourth-order valence-corrected chi connectivity index (χ4v) is 3.24. The van der Waals surface area contributed by atoms with Crippen molar-refractivity contribution in [2.75, 3.05) is 0 Å². The molecule has 0 aromatic heterocycles. The number of hydrogen-bond donors (Lipinski definition) is 4. The highest BCUT2D eigenvalue weighted by molar-refractivity contribution is 7.86. The van der Waals surface area contributed by atoms with E-state index >= 15 is 0 Å². The molecule has 0 amide bonds. The second-order valence-corrected chi connectivity index (χ2v) is 7.67. The van der Waals surface area contributed by atoms with E-state index < -0.39 is 35.6 Å². The lowest BCUT2D eigenvalue weighted by atomic mass is 10.1. The van der Waals surface area contributed by atoms with Gasteiger partial charge >= 0.3 is 0 Å². The van der Waals surface area contributed by atoms with Gasteiger partial charge in [0.15, 0.2) is 0 Å². The maximum absolute atomic E-state index is 11.5. The van der Waals surface area contributed by atoms with Crippen molar-refractivity contribution in [1.29, 1.82) is 0 Å². The molecule has 126 valence electrons. The topological polar surface area (TPSA) is 162 Å². The van der Waals surface area contributed by atoms with E-state index in [1.807, 2.05) is 0 Å². The zero-order valence-electron chi connectivity index (χ0n) is 10.8. The van der Waals surface area contributed by atoms with Crippen LogP contribution in [-0.4, -0.2) is 36.3 Å². The Kier molecular flexibility index (Phi) is 4.49. The van der Waals surface area contributed by atoms with Crippen LogP contribution < -0.4 is 11.2 Å². The first-order valence-electron chi connectivity index (χ1n) is 5.47. The van der Waals surface area contributed by atoms with Gasteiger partial charge in [0.2, 0.25) is 0 Å². The molecule has 1 aromatic carbocycles. The maximum atomic E-state index is 11.5. The molecule has 1 aliphatic rings. The quantitative estimate of drug-likeness (QED) is 0.314. The van der Waals surface area contributed by atoms with E-state index in [9.17, 15) is 21.4 Å². The minimum atomic E-state index is -4.76. The summed E-state index contributed by atoms with van der Waals surface area (Å²) in [5.41, 5.74) is 6.93. The number of nitrogens with one attached hydrogen (secondary N) is 1. The van der Waals surface area contributed by atoms with E-state index in [4.69, 9.17) is 33.7 Å². The van der Waals surface area contributed by atoms with Crippen LogP contribution in [0.4, 0.5) is 0 Å². The summed E-state index contributed by atoms with van der Waals surface area (Å²) in [5.74, 6) is 0. The minimum absolute atomic E-state index is 0.219. The number of allylic oxidation sites excluding steroid dienone is 1. The van der Waals surface area contributed by atoms with E-state index in [1.54, 1.807) is 0 Å². The van der Waals surface area contributed by atoms with Crippen LogP contribution in [-0.2, 0) is 20.2 Å². The summed E-state index contributed by atoms with van der Waals surface area (Å²) in [6.45, 7) is 0. The van der Waals surface area contributed by atoms with Gasteiger partial charge in [-0.25, -0.2) is 0 Å². The monoisotopic (exact) mass is 402 g/mol. The first kappa shape index (κ1) is 17.8. The zero-order valence-corrected chi connectivity index (χ0v) is 13.9. The molecule has 0 saturated carbocycles. The third kappa shape index (κ3) is 3.68. The predicted octanol–water partition coefficient (Wildman–Crippen LogP) is 0.225. The van der Waals surface area contributed by atoms with Gasteiger partial charge in [0.25, 0.3) is 20.2 Å². The Morgan fingerprint density at radius 2 is 1.78 bits per heavy atom. The van der Waals surface area contributed by atoms with Crippen molar-refractivity contribution in [3.63, 3.8) is 0 Å². The predicted molar refractivity (Wildman–Crippen MR) is 80.5 cm³/mol. The highest BCUT2D eigenvalue weighted by atomic mass is 35.5. The largest absolute Gasteiger partial charge is 0.394 e. The molecule has 5 N–H and O–H groups in total. The summed E-state index contributed by atoms with van der Waals surface area (Å²) in [4.78, 5) is -1.35. The summed E-state index contributed by atoms with van der Waals surface area (Å²) >= 11 is 11.4. The lowest BCUT2D eigenvalue weighted by molar-refractivity contribution is 0.402. The summed E-state index contributed by atoms with van der Waals surface area (Å²) in [6.07, 6.45) is 0. The van der Waals surface area contributed by atoms with Crippen LogP contribution in [0.5, 0.6) is 0 Å². The van der Waals surface area contributed by atoms with E-state index in [0.717, 1.165) is 18.2 Å². The lowest BCUT2D eigenvalue weighted by Gasteiger charge is -2.22. The number of benzene rings is 1. The van der Waals surface area contributed by atoms with Crippen LogP contribution in [0.25, 0.3) is 0 Å². The number of hydrazone groups is 1. The number of halogens is 2. The molecule has 10 nitrogen and oxygen atoms in total. The average Bonchev–Trinajstić information content (AvgIpc) is 2.40. The third-order valence-electron chi connectivity index (χ3n) is 2.65. The van der Waals surface area contributed by atoms with Crippen LogP contribution in [0.2, 0.25) is 0 Å². The molecular weight excluding hydrogens is 395 g/mol. The first-order chi connectivity index (χ1) is 10.4. The average molecular weight is 403 g/mol. The molecule has 1 heterocycles. The summed E-state index contributed by atoms with van der Waals surface area (Å²) < 4.78 is 64.3. The Hall–Kier alpha value is -1.57. The standard InChI is InChI=1S/C9H8Cl2N4O6S2/c10-9-7(12)8(13-15(11)14-9)5-3-4(22(16,17)18)1-2-6(5)23(19,20)21/h1-3,14H,12H2,(H,16,17,18)(H,19,20,21). The SMILES string of the molecule is NC1=C(Cl)NN(Cl)N=C1c1cc(S(=O)(=O)O)ccc1S(=O)(=O)O. The second-order valence-electron chi connectivity index (χ2n) is 4.16. The Morgan fingerprint density at radius 3 is 2.30 bits per heavy atom. The van der Waals surface area contributed by atoms with Crippen molar-refractivity contribution < 1.29 is 25.9 Å². The van der Waals surface area contributed by atoms with Gasteiger partial charge in [0.05, 0.1) is 22.4 Å². The van der Waals surface area contributed by atoms with Gasteiger partial charge in [-0.2, -0.15) is 16.8 Å². The Bertz CT molecular complexity index is 941. The molecule has 2 rings (SSSR count). The lowest BCUT2D eigenvalue weighted by Crippen LogP contribution is -2.34. The Labute approximate surface area is 140 Å². The van der Waals surface area contributed by atoms with Crippen LogP contribution >= 0.6 is 23.4 Å². The number of nitrogens with zero attached hydrogens (tertiary/aromatic N) is 2.